The molecule has 0 amide bonds. The lowest BCUT2D eigenvalue weighted by Crippen LogP contribution is -2.17. The summed E-state index contributed by atoms with van der Waals surface area (Å²) in [6, 6.07) is 8.35. The molecule has 0 N–H and O–H groups in total. The van der Waals surface area contributed by atoms with Crippen LogP contribution in [0.1, 0.15) is 18.1 Å². The molecular weight excluding hydrogens is 268 g/mol. The Bertz CT molecular complexity index is 627. The molecule has 1 heterocycles. The molecule has 0 aliphatic carbocycles. The number of aromatic nitrogens is 2. The van der Waals surface area contributed by atoms with E-state index in [0.29, 0.717) is 0 Å². The number of nitriles is 1. The summed E-state index contributed by atoms with van der Waals surface area (Å²) in [4.78, 5) is 3.14. The molecule has 0 radical (unpaired) electrons. The van der Waals surface area contributed by atoms with Crippen molar-refractivity contribution >= 4 is 17.4 Å². The molecule has 20 heavy (non-hydrogen) atoms. The Balaban J connectivity index is 2.27. The van der Waals surface area contributed by atoms with Crippen LogP contribution in [0.3, 0.4) is 0 Å². The third-order valence-corrected chi connectivity index (χ3v) is 3.95. The largest absolute Gasteiger partial charge is 0.369 e. The number of benzene rings is 1. The van der Waals surface area contributed by atoms with Crippen LogP contribution in [0.15, 0.2) is 35.5 Å². The normalized spacial score (nSPS) is 10.3. The van der Waals surface area contributed by atoms with Crippen LogP contribution in [0, 0.1) is 11.3 Å². The molecule has 0 unspecified atom stereocenters. The summed E-state index contributed by atoms with van der Waals surface area (Å²) in [6.45, 7) is 2.83. The lowest BCUT2D eigenvalue weighted by Gasteiger charge is -2.21. The average Bonchev–Trinajstić information content (AvgIpc) is 2.84. The first kappa shape index (κ1) is 14.5. The Morgan fingerprint density at radius 1 is 1.45 bits per heavy atom. The summed E-state index contributed by atoms with van der Waals surface area (Å²) in [6.07, 6.45) is 3.85. The molecule has 0 spiro atoms. The highest BCUT2D eigenvalue weighted by Crippen LogP contribution is 2.30. The van der Waals surface area contributed by atoms with Gasteiger partial charge in [-0.05, 0) is 17.9 Å². The maximum Gasteiger partial charge on any atom is 0.103 e. The van der Waals surface area contributed by atoms with Crippen molar-refractivity contribution in [1.82, 2.24) is 9.78 Å². The molecule has 1 aromatic carbocycles. The summed E-state index contributed by atoms with van der Waals surface area (Å²) < 4.78 is 1.79. The van der Waals surface area contributed by atoms with Crippen LogP contribution in [-0.4, -0.2) is 22.6 Å². The van der Waals surface area contributed by atoms with Crippen LogP contribution in [-0.2, 0) is 13.6 Å². The first-order valence-corrected chi connectivity index (χ1v) is 7.48. The highest BCUT2D eigenvalue weighted by Gasteiger charge is 2.12. The van der Waals surface area contributed by atoms with Gasteiger partial charge in [-0.25, -0.2) is 0 Å². The van der Waals surface area contributed by atoms with E-state index in [9.17, 15) is 5.26 Å². The van der Waals surface area contributed by atoms with Crippen LogP contribution in [0.4, 0.5) is 5.69 Å². The fraction of sp³-hybridized carbons (Fsp3) is 0.333. The van der Waals surface area contributed by atoms with E-state index in [-0.39, 0.29) is 0 Å². The van der Waals surface area contributed by atoms with E-state index in [1.807, 2.05) is 44.7 Å². The van der Waals surface area contributed by atoms with Gasteiger partial charge in [-0.3, -0.25) is 4.68 Å². The van der Waals surface area contributed by atoms with Gasteiger partial charge in [0, 0.05) is 37.3 Å². The van der Waals surface area contributed by atoms with Gasteiger partial charge in [-0.1, -0.05) is 13.0 Å². The fourth-order valence-corrected chi connectivity index (χ4v) is 2.92. The molecule has 0 bridgehead atoms. The topological polar surface area (TPSA) is 44.9 Å². The Kier molecular flexibility index (Phi) is 4.70. The first-order chi connectivity index (χ1) is 9.65. The second-order valence-electron chi connectivity index (χ2n) is 4.57. The summed E-state index contributed by atoms with van der Waals surface area (Å²) in [5.41, 5.74) is 2.85. The van der Waals surface area contributed by atoms with Gasteiger partial charge in [0.05, 0.1) is 17.4 Å². The van der Waals surface area contributed by atoms with E-state index in [2.05, 4.69) is 23.0 Å². The van der Waals surface area contributed by atoms with Crippen molar-refractivity contribution in [3.63, 3.8) is 0 Å². The molecule has 1 aromatic heterocycles. The molecule has 2 rings (SSSR count). The third kappa shape index (κ3) is 3.14. The van der Waals surface area contributed by atoms with Crippen molar-refractivity contribution in [2.24, 2.45) is 7.05 Å². The standard InChI is InChI=1S/C15H18N4S/c1-4-20-15-7-5-6-14(13(15)8-16)18(2)10-12-9-17-19(3)11-12/h5-7,9,11H,4,10H2,1-3H3. The molecule has 0 fully saturated rings. The van der Waals surface area contributed by atoms with Crippen molar-refractivity contribution in [3.8, 4) is 6.07 Å². The fourth-order valence-electron chi connectivity index (χ4n) is 2.14. The molecule has 4 nitrogen and oxygen atoms in total. The van der Waals surface area contributed by atoms with Gasteiger partial charge >= 0.3 is 0 Å². The van der Waals surface area contributed by atoms with Crippen LogP contribution in [0.5, 0.6) is 0 Å². The molecule has 0 saturated carbocycles. The number of rotatable bonds is 5. The number of hydrogen-bond donors (Lipinski definition) is 0. The van der Waals surface area contributed by atoms with Crippen molar-refractivity contribution < 1.29 is 0 Å². The maximum absolute atomic E-state index is 9.44. The van der Waals surface area contributed by atoms with Crippen molar-refractivity contribution in [3.05, 3.63) is 41.7 Å². The summed E-state index contributed by atoms with van der Waals surface area (Å²) in [7, 11) is 3.91. The van der Waals surface area contributed by atoms with Gasteiger partial charge in [0.2, 0.25) is 0 Å². The van der Waals surface area contributed by atoms with Crippen LogP contribution in [0.2, 0.25) is 0 Å². The minimum Gasteiger partial charge on any atom is -0.369 e. The van der Waals surface area contributed by atoms with Gasteiger partial charge < -0.3 is 4.90 Å². The SMILES string of the molecule is CCSc1cccc(N(C)Cc2cnn(C)c2)c1C#N. The van der Waals surface area contributed by atoms with Crippen LogP contribution >= 0.6 is 11.8 Å². The van der Waals surface area contributed by atoms with E-state index >= 15 is 0 Å². The van der Waals surface area contributed by atoms with Crippen molar-refractivity contribution in [1.29, 1.82) is 5.26 Å². The molecule has 2 aromatic rings. The number of hydrogen-bond acceptors (Lipinski definition) is 4. The van der Waals surface area contributed by atoms with Crippen LogP contribution < -0.4 is 4.90 Å². The predicted octanol–water partition coefficient (Wildman–Crippen LogP) is 3.04. The first-order valence-electron chi connectivity index (χ1n) is 6.50. The van der Waals surface area contributed by atoms with Gasteiger partial charge in [0.25, 0.3) is 0 Å². The highest BCUT2D eigenvalue weighted by atomic mass is 32.2. The quantitative estimate of drug-likeness (QED) is 0.793. The van der Waals surface area contributed by atoms with E-state index in [0.717, 1.165) is 34.0 Å². The van der Waals surface area contributed by atoms with E-state index < -0.39 is 0 Å². The molecule has 0 saturated heterocycles. The molecule has 0 aliphatic rings. The Labute approximate surface area is 124 Å². The minimum absolute atomic E-state index is 0.739. The van der Waals surface area contributed by atoms with Crippen molar-refractivity contribution in [2.45, 2.75) is 18.4 Å². The number of aryl methyl sites for hydroxylation is 1. The second kappa shape index (κ2) is 6.49. The molecule has 104 valence electrons. The monoisotopic (exact) mass is 286 g/mol. The number of thioether (sulfide) groups is 1. The highest BCUT2D eigenvalue weighted by molar-refractivity contribution is 7.99. The summed E-state index contributed by atoms with van der Waals surface area (Å²) >= 11 is 1.70. The average molecular weight is 286 g/mol. The van der Waals surface area contributed by atoms with Crippen LogP contribution in [0.25, 0.3) is 0 Å². The van der Waals surface area contributed by atoms with E-state index in [1.54, 1.807) is 16.4 Å². The van der Waals surface area contributed by atoms with E-state index in [4.69, 9.17) is 0 Å². The summed E-state index contributed by atoms with van der Waals surface area (Å²) in [5.74, 6) is 0.963. The van der Waals surface area contributed by atoms with E-state index in [1.165, 1.54) is 0 Å². The Morgan fingerprint density at radius 2 is 2.25 bits per heavy atom. The van der Waals surface area contributed by atoms with Gasteiger partial charge in [0.1, 0.15) is 6.07 Å². The number of nitrogens with zero attached hydrogens (tertiary/aromatic N) is 4. The lowest BCUT2D eigenvalue weighted by molar-refractivity contribution is 0.766. The zero-order valence-corrected chi connectivity index (χ0v) is 12.8. The van der Waals surface area contributed by atoms with Crippen molar-refractivity contribution in [2.75, 3.05) is 17.7 Å². The second-order valence-corrected chi connectivity index (χ2v) is 5.88. The zero-order chi connectivity index (χ0) is 14.5. The zero-order valence-electron chi connectivity index (χ0n) is 12.0. The smallest absolute Gasteiger partial charge is 0.103 e. The molecular formula is C15H18N4S. The molecule has 0 aliphatic heterocycles. The van der Waals surface area contributed by atoms with Gasteiger partial charge in [0.15, 0.2) is 0 Å². The predicted molar refractivity (Wildman–Crippen MR) is 82.9 cm³/mol. The minimum atomic E-state index is 0.739. The molecule has 0 atom stereocenters. The van der Waals surface area contributed by atoms with Gasteiger partial charge in [-0.2, -0.15) is 10.4 Å². The Hall–Kier alpha value is -1.93. The van der Waals surface area contributed by atoms with Gasteiger partial charge in [-0.15, -0.1) is 11.8 Å². The third-order valence-electron chi connectivity index (χ3n) is 3.01. The Morgan fingerprint density at radius 3 is 2.85 bits per heavy atom. The maximum atomic E-state index is 9.44. The number of anilines is 1. The summed E-state index contributed by atoms with van der Waals surface area (Å²) in [5, 5.41) is 13.6. The molecule has 5 heteroatoms. The lowest BCUT2D eigenvalue weighted by atomic mass is 10.1.